The van der Waals surface area contributed by atoms with Crippen LogP contribution in [0.4, 0.5) is 11.4 Å². The van der Waals surface area contributed by atoms with Crippen molar-refractivity contribution < 1.29 is 4.79 Å². The average molecular weight is 351 g/mol. The van der Waals surface area contributed by atoms with Gasteiger partial charge in [0.25, 0.3) is 0 Å². The fourth-order valence-corrected chi connectivity index (χ4v) is 2.87. The maximum absolute atomic E-state index is 12.2. The zero-order valence-electron chi connectivity index (χ0n) is 16.2. The SMILES string of the molecule is CCCc1ccc(CC(=O)Nc2ccc(NC(C)(C)/C=N/C)cc2)cc1. The van der Waals surface area contributed by atoms with Gasteiger partial charge in [0.15, 0.2) is 0 Å². The summed E-state index contributed by atoms with van der Waals surface area (Å²) in [6, 6.07) is 16.0. The standard InChI is InChI=1S/C22H29N3O/c1-5-6-17-7-9-18(10-8-17)15-21(26)24-19-11-13-20(14-12-19)25-22(2,3)16-23-4/h7-14,16,25H,5-6,15H2,1-4H3,(H,24,26)/b23-16+. The molecule has 138 valence electrons. The minimum Gasteiger partial charge on any atom is -0.375 e. The number of anilines is 2. The van der Waals surface area contributed by atoms with Crippen molar-refractivity contribution in [3.63, 3.8) is 0 Å². The third kappa shape index (κ3) is 6.36. The number of aryl methyl sites for hydroxylation is 1. The van der Waals surface area contributed by atoms with Crippen molar-refractivity contribution in [2.45, 2.75) is 45.6 Å². The predicted molar refractivity (Wildman–Crippen MR) is 111 cm³/mol. The summed E-state index contributed by atoms with van der Waals surface area (Å²) in [7, 11) is 1.76. The Bertz CT molecular complexity index is 731. The Hall–Kier alpha value is -2.62. The Balaban J connectivity index is 1.90. The van der Waals surface area contributed by atoms with Gasteiger partial charge in [-0.25, -0.2) is 0 Å². The average Bonchev–Trinajstić information content (AvgIpc) is 2.58. The van der Waals surface area contributed by atoms with Crippen LogP contribution in [0.1, 0.15) is 38.3 Å². The molecule has 0 saturated heterocycles. The number of hydrogen-bond donors (Lipinski definition) is 2. The third-order valence-electron chi connectivity index (χ3n) is 4.01. The van der Waals surface area contributed by atoms with E-state index >= 15 is 0 Å². The van der Waals surface area contributed by atoms with E-state index in [1.807, 2.05) is 42.6 Å². The molecule has 1 amide bonds. The quantitative estimate of drug-likeness (QED) is 0.677. The number of nitrogens with zero attached hydrogens (tertiary/aromatic N) is 1. The van der Waals surface area contributed by atoms with Gasteiger partial charge in [0.2, 0.25) is 5.91 Å². The highest BCUT2D eigenvalue weighted by Crippen LogP contribution is 2.18. The number of rotatable bonds is 8. The molecule has 0 bridgehead atoms. The van der Waals surface area contributed by atoms with Crippen LogP contribution in [0, 0.1) is 0 Å². The second kappa shape index (κ2) is 9.18. The van der Waals surface area contributed by atoms with E-state index in [1.165, 1.54) is 5.56 Å². The summed E-state index contributed by atoms with van der Waals surface area (Å²) >= 11 is 0. The van der Waals surface area contributed by atoms with Gasteiger partial charge in [-0.3, -0.25) is 9.79 Å². The van der Waals surface area contributed by atoms with Crippen LogP contribution in [0.15, 0.2) is 53.5 Å². The van der Waals surface area contributed by atoms with E-state index in [2.05, 4.69) is 48.5 Å². The number of aliphatic imine (C=N–C) groups is 1. The van der Waals surface area contributed by atoms with Crippen LogP contribution in [0.3, 0.4) is 0 Å². The van der Waals surface area contributed by atoms with E-state index in [0.29, 0.717) is 6.42 Å². The highest BCUT2D eigenvalue weighted by Gasteiger charge is 2.13. The fraction of sp³-hybridized carbons (Fsp3) is 0.364. The van der Waals surface area contributed by atoms with E-state index in [1.54, 1.807) is 7.05 Å². The van der Waals surface area contributed by atoms with Gasteiger partial charge in [-0.05, 0) is 55.7 Å². The molecule has 2 rings (SSSR count). The van der Waals surface area contributed by atoms with Crippen LogP contribution in [-0.4, -0.2) is 24.7 Å². The topological polar surface area (TPSA) is 53.5 Å². The number of benzene rings is 2. The zero-order valence-corrected chi connectivity index (χ0v) is 16.2. The number of carbonyl (C=O) groups is 1. The molecule has 4 nitrogen and oxygen atoms in total. The maximum Gasteiger partial charge on any atom is 0.228 e. The highest BCUT2D eigenvalue weighted by atomic mass is 16.1. The Morgan fingerprint density at radius 3 is 2.15 bits per heavy atom. The first-order valence-corrected chi connectivity index (χ1v) is 9.11. The molecule has 0 aromatic heterocycles. The van der Waals surface area contributed by atoms with Crippen molar-refractivity contribution in [1.29, 1.82) is 0 Å². The molecule has 2 aromatic carbocycles. The van der Waals surface area contributed by atoms with Crippen LogP contribution in [-0.2, 0) is 17.6 Å². The van der Waals surface area contributed by atoms with Gasteiger partial charge in [0, 0.05) is 24.6 Å². The van der Waals surface area contributed by atoms with Crippen molar-refractivity contribution in [2.75, 3.05) is 17.7 Å². The molecule has 0 aliphatic heterocycles. The van der Waals surface area contributed by atoms with Crippen molar-refractivity contribution in [3.05, 3.63) is 59.7 Å². The lowest BCUT2D eigenvalue weighted by Gasteiger charge is -2.22. The van der Waals surface area contributed by atoms with Gasteiger partial charge < -0.3 is 10.6 Å². The van der Waals surface area contributed by atoms with E-state index in [9.17, 15) is 4.79 Å². The number of carbonyl (C=O) groups excluding carboxylic acids is 1. The first-order valence-electron chi connectivity index (χ1n) is 9.11. The normalized spacial score (nSPS) is 11.5. The lowest BCUT2D eigenvalue weighted by Crippen LogP contribution is -2.32. The van der Waals surface area contributed by atoms with Gasteiger partial charge in [-0.2, -0.15) is 0 Å². The van der Waals surface area contributed by atoms with Gasteiger partial charge in [-0.1, -0.05) is 37.6 Å². The van der Waals surface area contributed by atoms with Gasteiger partial charge >= 0.3 is 0 Å². The molecular weight excluding hydrogens is 322 g/mol. The second-order valence-corrected chi connectivity index (χ2v) is 7.10. The van der Waals surface area contributed by atoms with E-state index in [4.69, 9.17) is 0 Å². The van der Waals surface area contributed by atoms with Crippen molar-refractivity contribution in [3.8, 4) is 0 Å². The predicted octanol–water partition coefficient (Wildman–Crippen LogP) is 4.71. The molecule has 0 unspecified atom stereocenters. The maximum atomic E-state index is 12.2. The summed E-state index contributed by atoms with van der Waals surface area (Å²) in [5.41, 5.74) is 3.91. The smallest absolute Gasteiger partial charge is 0.228 e. The monoisotopic (exact) mass is 351 g/mol. The summed E-state index contributed by atoms with van der Waals surface area (Å²) < 4.78 is 0. The Morgan fingerprint density at radius 1 is 1.00 bits per heavy atom. The summed E-state index contributed by atoms with van der Waals surface area (Å²) in [5, 5.41) is 6.35. The molecule has 0 atom stereocenters. The van der Waals surface area contributed by atoms with Gasteiger partial charge in [0.1, 0.15) is 0 Å². The Labute approximate surface area is 156 Å². The van der Waals surface area contributed by atoms with Crippen LogP contribution in [0.2, 0.25) is 0 Å². The molecule has 2 N–H and O–H groups in total. The molecule has 0 heterocycles. The molecule has 0 fully saturated rings. The lowest BCUT2D eigenvalue weighted by atomic mass is 10.1. The summed E-state index contributed by atoms with van der Waals surface area (Å²) in [4.78, 5) is 16.3. The first-order chi connectivity index (χ1) is 12.4. The first kappa shape index (κ1) is 19.7. The number of hydrogen-bond acceptors (Lipinski definition) is 3. The van der Waals surface area contributed by atoms with Crippen LogP contribution in [0.25, 0.3) is 0 Å². The Kier molecular flexibility index (Phi) is 6.96. The van der Waals surface area contributed by atoms with Crippen molar-refractivity contribution >= 4 is 23.5 Å². The zero-order chi connectivity index (χ0) is 19.0. The van der Waals surface area contributed by atoms with E-state index < -0.39 is 0 Å². The van der Waals surface area contributed by atoms with Crippen LogP contribution >= 0.6 is 0 Å². The molecule has 2 aromatic rings. The number of nitrogens with one attached hydrogen (secondary N) is 2. The van der Waals surface area contributed by atoms with E-state index in [-0.39, 0.29) is 11.4 Å². The Morgan fingerprint density at radius 2 is 1.58 bits per heavy atom. The lowest BCUT2D eigenvalue weighted by molar-refractivity contribution is -0.115. The third-order valence-corrected chi connectivity index (χ3v) is 4.01. The van der Waals surface area contributed by atoms with Crippen molar-refractivity contribution in [1.82, 2.24) is 0 Å². The molecule has 4 heteroatoms. The molecule has 0 aliphatic carbocycles. The molecule has 26 heavy (non-hydrogen) atoms. The molecule has 0 spiro atoms. The highest BCUT2D eigenvalue weighted by molar-refractivity contribution is 5.92. The summed E-state index contributed by atoms with van der Waals surface area (Å²) in [6.07, 6.45) is 4.46. The molecule has 0 saturated carbocycles. The van der Waals surface area contributed by atoms with Crippen LogP contribution < -0.4 is 10.6 Å². The van der Waals surface area contributed by atoms with Crippen molar-refractivity contribution in [2.24, 2.45) is 4.99 Å². The molecule has 0 radical (unpaired) electrons. The molecule has 0 aliphatic rings. The minimum atomic E-state index is -0.219. The minimum absolute atomic E-state index is 0.00704. The molecular formula is C22H29N3O. The van der Waals surface area contributed by atoms with E-state index in [0.717, 1.165) is 29.8 Å². The summed E-state index contributed by atoms with van der Waals surface area (Å²) in [5.74, 6) is -0.00704. The van der Waals surface area contributed by atoms with Gasteiger partial charge in [0.05, 0.1) is 12.0 Å². The largest absolute Gasteiger partial charge is 0.375 e. The summed E-state index contributed by atoms with van der Waals surface area (Å²) in [6.45, 7) is 6.28. The van der Waals surface area contributed by atoms with Crippen LogP contribution in [0.5, 0.6) is 0 Å². The number of amides is 1. The van der Waals surface area contributed by atoms with Gasteiger partial charge in [-0.15, -0.1) is 0 Å². The second-order valence-electron chi connectivity index (χ2n) is 7.10. The fourth-order valence-electron chi connectivity index (χ4n) is 2.87.